The van der Waals surface area contributed by atoms with Gasteiger partial charge in [0.2, 0.25) is 0 Å². The van der Waals surface area contributed by atoms with Crippen molar-refractivity contribution < 1.29 is 24.0 Å². The number of non-ortho nitro benzene ring substituents is 1. The van der Waals surface area contributed by atoms with E-state index in [1.54, 1.807) is 18.2 Å². The fourth-order valence-electron chi connectivity index (χ4n) is 3.40. The third-order valence-corrected chi connectivity index (χ3v) is 5.68. The average molecular weight is 536 g/mol. The predicted octanol–water partition coefficient (Wildman–Crippen LogP) is 4.91. The summed E-state index contributed by atoms with van der Waals surface area (Å²) in [4.78, 5) is 49.4. The van der Waals surface area contributed by atoms with Crippen LogP contribution >= 0.6 is 15.9 Å². The van der Waals surface area contributed by atoms with Crippen LogP contribution in [0.1, 0.15) is 16.7 Å². The first-order chi connectivity index (χ1) is 16.7. The highest BCUT2D eigenvalue weighted by Crippen LogP contribution is 2.29. The number of urea groups is 1. The Kier molecular flexibility index (Phi) is 6.74. The van der Waals surface area contributed by atoms with Gasteiger partial charge >= 0.3 is 6.03 Å². The van der Waals surface area contributed by atoms with Crippen molar-refractivity contribution in [2.75, 3.05) is 4.90 Å². The molecule has 1 N–H and O–H groups in total. The quantitative estimate of drug-likeness (QED) is 0.207. The highest BCUT2D eigenvalue weighted by Gasteiger charge is 2.37. The second-order valence-corrected chi connectivity index (χ2v) is 8.61. The fraction of sp³-hybridized carbons (Fsp3) is 0.0800. The number of nitro groups is 1. The molecule has 3 aromatic rings. The van der Waals surface area contributed by atoms with Gasteiger partial charge in [0.05, 0.1) is 10.6 Å². The Labute approximate surface area is 208 Å². The summed E-state index contributed by atoms with van der Waals surface area (Å²) in [7, 11) is 0. The summed E-state index contributed by atoms with van der Waals surface area (Å²) in [6, 6.07) is 17.0. The molecule has 0 radical (unpaired) electrons. The Morgan fingerprint density at radius 1 is 1.06 bits per heavy atom. The number of nitrogens with one attached hydrogen (secondary N) is 1. The minimum Gasteiger partial charge on any atom is -0.488 e. The molecule has 10 heteroatoms. The molecule has 0 bridgehead atoms. The Morgan fingerprint density at radius 2 is 1.80 bits per heavy atom. The second kappa shape index (κ2) is 9.90. The summed E-state index contributed by atoms with van der Waals surface area (Å²) < 4.78 is 6.62. The van der Waals surface area contributed by atoms with Crippen molar-refractivity contribution in [2.45, 2.75) is 13.5 Å². The molecule has 1 heterocycles. The number of nitrogens with zero attached hydrogens (tertiary/aromatic N) is 2. The Balaban J connectivity index is 1.68. The summed E-state index contributed by atoms with van der Waals surface area (Å²) in [5, 5.41) is 13.2. The number of rotatable bonds is 6. The maximum atomic E-state index is 13.2. The van der Waals surface area contributed by atoms with Crippen LogP contribution in [-0.2, 0) is 16.2 Å². The van der Waals surface area contributed by atoms with E-state index in [4.69, 9.17) is 4.74 Å². The van der Waals surface area contributed by atoms with E-state index >= 15 is 0 Å². The third-order valence-electron chi connectivity index (χ3n) is 5.19. The van der Waals surface area contributed by atoms with E-state index in [-0.39, 0.29) is 23.6 Å². The number of nitro benzene ring substituents is 1. The Bertz CT molecular complexity index is 1380. The third kappa shape index (κ3) is 5.28. The van der Waals surface area contributed by atoms with Gasteiger partial charge in [0.1, 0.15) is 17.9 Å². The molecule has 0 aliphatic carbocycles. The van der Waals surface area contributed by atoms with Crippen molar-refractivity contribution in [1.82, 2.24) is 5.32 Å². The molecule has 4 rings (SSSR count). The highest BCUT2D eigenvalue weighted by molar-refractivity contribution is 9.10. The van der Waals surface area contributed by atoms with Crippen LogP contribution in [0.15, 0.2) is 76.8 Å². The van der Waals surface area contributed by atoms with Crippen molar-refractivity contribution >= 4 is 51.2 Å². The SMILES string of the molecule is Cc1ccc(COc2ccc(Br)cc2/C=C2\C(=O)NC(=O)N(c3cccc([N+](=O)[O-])c3)C2=O)cc1. The van der Waals surface area contributed by atoms with Gasteiger partial charge in [-0.15, -0.1) is 0 Å². The number of barbiturate groups is 1. The van der Waals surface area contributed by atoms with E-state index in [2.05, 4.69) is 21.2 Å². The van der Waals surface area contributed by atoms with Gasteiger partial charge in [0, 0.05) is 22.2 Å². The summed E-state index contributed by atoms with van der Waals surface area (Å²) in [5.41, 5.74) is 1.82. The number of carbonyl (C=O) groups excluding carboxylic acids is 3. The first-order valence-corrected chi connectivity index (χ1v) is 11.2. The van der Waals surface area contributed by atoms with Crippen molar-refractivity contribution in [3.63, 3.8) is 0 Å². The average Bonchev–Trinajstić information content (AvgIpc) is 2.82. The van der Waals surface area contributed by atoms with Gasteiger partial charge in [-0.25, -0.2) is 9.69 Å². The largest absolute Gasteiger partial charge is 0.488 e. The zero-order chi connectivity index (χ0) is 25.1. The zero-order valence-electron chi connectivity index (χ0n) is 18.4. The predicted molar refractivity (Wildman–Crippen MR) is 132 cm³/mol. The van der Waals surface area contributed by atoms with Crippen LogP contribution in [0.2, 0.25) is 0 Å². The normalized spacial score (nSPS) is 14.7. The Morgan fingerprint density at radius 3 is 2.51 bits per heavy atom. The summed E-state index contributed by atoms with van der Waals surface area (Å²) in [6.07, 6.45) is 1.32. The maximum absolute atomic E-state index is 13.2. The zero-order valence-corrected chi connectivity index (χ0v) is 19.9. The molecule has 35 heavy (non-hydrogen) atoms. The molecular weight excluding hydrogens is 518 g/mol. The van der Waals surface area contributed by atoms with Crippen molar-refractivity contribution in [1.29, 1.82) is 0 Å². The summed E-state index contributed by atoms with van der Waals surface area (Å²) >= 11 is 3.38. The van der Waals surface area contributed by atoms with E-state index < -0.39 is 22.8 Å². The van der Waals surface area contributed by atoms with Gasteiger partial charge in [-0.1, -0.05) is 51.8 Å². The van der Waals surface area contributed by atoms with Crippen molar-refractivity contribution in [3.8, 4) is 5.75 Å². The molecule has 0 aromatic heterocycles. The van der Waals surface area contributed by atoms with Crippen molar-refractivity contribution in [3.05, 3.63) is 104 Å². The van der Waals surface area contributed by atoms with Crippen LogP contribution in [-0.4, -0.2) is 22.8 Å². The number of carbonyl (C=O) groups is 3. The molecule has 1 aliphatic heterocycles. The smallest absolute Gasteiger partial charge is 0.335 e. The minimum atomic E-state index is -0.997. The van der Waals surface area contributed by atoms with Gasteiger partial charge < -0.3 is 4.74 Å². The number of anilines is 1. The highest BCUT2D eigenvalue weighted by atomic mass is 79.9. The molecule has 0 spiro atoms. The first kappa shape index (κ1) is 23.8. The lowest BCUT2D eigenvalue weighted by Gasteiger charge is -2.26. The Hall–Kier alpha value is -4.31. The molecule has 0 saturated carbocycles. The molecule has 9 nitrogen and oxygen atoms in total. The molecule has 4 amide bonds. The first-order valence-electron chi connectivity index (χ1n) is 10.4. The molecule has 0 atom stereocenters. The number of hydrogen-bond donors (Lipinski definition) is 1. The number of imide groups is 2. The van der Waals surface area contributed by atoms with Crippen LogP contribution in [0.3, 0.4) is 0 Å². The lowest BCUT2D eigenvalue weighted by molar-refractivity contribution is -0.384. The van der Waals surface area contributed by atoms with Crippen LogP contribution in [0, 0.1) is 17.0 Å². The number of hydrogen-bond acceptors (Lipinski definition) is 6. The molecular formula is C25H18BrN3O6. The van der Waals surface area contributed by atoms with Gasteiger partial charge in [0.15, 0.2) is 0 Å². The number of amides is 4. The lowest BCUT2D eigenvalue weighted by atomic mass is 10.1. The number of halogens is 1. The monoisotopic (exact) mass is 535 g/mol. The second-order valence-electron chi connectivity index (χ2n) is 7.69. The van der Waals surface area contributed by atoms with Crippen LogP contribution < -0.4 is 15.0 Å². The summed E-state index contributed by atoms with van der Waals surface area (Å²) in [5.74, 6) is -1.38. The van der Waals surface area contributed by atoms with E-state index in [1.165, 1.54) is 24.3 Å². The van der Waals surface area contributed by atoms with E-state index in [9.17, 15) is 24.5 Å². The van der Waals surface area contributed by atoms with Crippen molar-refractivity contribution in [2.24, 2.45) is 0 Å². The molecule has 0 unspecified atom stereocenters. The molecule has 176 valence electrons. The fourth-order valence-corrected chi connectivity index (χ4v) is 3.78. The standard InChI is InChI=1S/C25H18BrN3O6/c1-15-5-7-16(8-6-15)14-35-22-10-9-18(26)11-17(22)12-21-23(30)27-25(32)28(24(21)31)19-3-2-4-20(13-19)29(33)34/h2-13H,14H2,1H3,(H,27,30,32)/b21-12+. The van der Waals surface area contributed by atoms with Crippen LogP contribution in [0.5, 0.6) is 5.75 Å². The molecule has 1 saturated heterocycles. The molecule has 1 aliphatic rings. The van der Waals surface area contributed by atoms with Gasteiger partial charge in [-0.05, 0) is 42.8 Å². The number of aryl methyl sites for hydroxylation is 1. The van der Waals surface area contributed by atoms with Crippen LogP contribution in [0.25, 0.3) is 6.08 Å². The number of ether oxygens (including phenoxy) is 1. The number of benzene rings is 3. The van der Waals surface area contributed by atoms with E-state index in [0.717, 1.165) is 17.2 Å². The molecule has 1 fully saturated rings. The van der Waals surface area contributed by atoms with Gasteiger partial charge in [-0.2, -0.15) is 0 Å². The minimum absolute atomic E-state index is 0.0369. The topological polar surface area (TPSA) is 119 Å². The van der Waals surface area contributed by atoms with Gasteiger partial charge in [0.25, 0.3) is 17.5 Å². The van der Waals surface area contributed by atoms with E-state index in [0.29, 0.717) is 20.7 Å². The van der Waals surface area contributed by atoms with Crippen LogP contribution in [0.4, 0.5) is 16.2 Å². The maximum Gasteiger partial charge on any atom is 0.335 e. The van der Waals surface area contributed by atoms with E-state index in [1.807, 2.05) is 31.2 Å². The molecule has 3 aromatic carbocycles. The lowest BCUT2D eigenvalue weighted by Crippen LogP contribution is -2.54. The summed E-state index contributed by atoms with van der Waals surface area (Å²) in [6.45, 7) is 2.24. The van der Waals surface area contributed by atoms with Gasteiger partial charge in [-0.3, -0.25) is 25.0 Å².